The van der Waals surface area contributed by atoms with Crippen molar-refractivity contribution in [3.63, 3.8) is 0 Å². The second kappa shape index (κ2) is 8.96. The van der Waals surface area contributed by atoms with E-state index in [-0.39, 0.29) is 24.2 Å². The van der Waals surface area contributed by atoms with Gasteiger partial charge < -0.3 is 15.4 Å². The van der Waals surface area contributed by atoms with Gasteiger partial charge in [0.05, 0.1) is 6.10 Å². The average Bonchev–Trinajstić information content (AvgIpc) is 2.45. The first-order valence-electron chi connectivity index (χ1n) is 8.20. The molecule has 5 heteroatoms. The molecule has 2 rings (SSSR count). The monoisotopic (exact) mass is 318 g/mol. The first kappa shape index (κ1) is 18.7. The van der Waals surface area contributed by atoms with Gasteiger partial charge in [0.2, 0.25) is 5.91 Å². The van der Waals surface area contributed by atoms with Crippen LogP contribution in [0, 0.1) is 17.8 Å². The van der Waals surface area contributed by atoms with Crippen LogP contribution >= 0.6 is 12.4 Å². The van der Waals surface area contributed by atoms with Crippen molar-refractivity contribution >= 4 is 18.3 Å². The molecule has 0 radical (unpaired) electrons. The van der Waals surface area contributed by atoms with E-state index < -0.39 is 0 Å². The zero-order chi connectivity index (χ0) is 14.5. The molecule has 2 aliphatic rings. The van der Waals surface area contributed by atoms with E-state index >= 15 is 0 Å². The number of amides is 1. The van der Waals surface area contributed by atoms with Gasteiger partial charge in [-0.1, -0.05) is 13.8 Å². The summed E-state index contributed by atoms with van der Waals surface area (Å²) in [5, 5.41) is 6.58. The van der Waals surface area contributed by atoms with E-state index in [4.69, 9.17) is 4.74 Å². The van der Waals surface area contributed by atoms with E-state index in [0.29, 0.717) is 24.0 Å². The summed E-state index contributed by atoms with van der Waals surface area (Å²) in [5.74, 6) is 1.43. The molecule has 4 nitrogen and oxygen atoms in total. The molecule has 0 aromatic carbocycles. The van der Waals surface area contributed by atoms with E-state index in [0.717, 1.165) is 39.0 Å². The summed E-state index contributed by atoms with van der Waals surface area (Å²) >= 11 is 0. The van der Waals surface area contributed by atoms with Crippen molar-refractivity contribution in [3.8, 4) is 0 Å². The van der Waals surface area contributed by atoms with Crippen molar-refractivity contribution in [1.82, 2.24) is 10.6 Å². The number of nitrogens with one attached hydrogen (secondary N) is 2. The molecule has 2 N–H and O–H groups in total. The molecule has 0 aromatic heterocycles. The first-order chi connectivity index (χ1) is 9.58. The Hall–Kier alpha value is -0.320. The number of piperidine rings is 1. The number of carbonyl (C=O) groups is 1. The smallest absolute Gasteiger partial charge is 0.223 e. The number of hydrogen-bond acceptors (Lipinski definition) is 3. The highest BCUT2D eigenvalue weighted by molar-refractivity contribution is 5.85. The zero-order valence-electron chi connectivity index (χ0n) is 13.6. The maximum atomic E-state index is 12.3. The van der Waals surface area contributed by atoms with Gasteiger partial charge in [-0.3, -0.25) is 4.79 Å². The zero-order valence-corrected chi connectivity index (χ0v) is 14.4. The highest BCUT2D eigenvalue weighted by Crippen LogP contribution is 2.26. The summed E-state index contributed by atoms with van der Waals surface area (Å²) in [5.41, 5.74) is 0. The Morgan fingerprint density at radius 1 is 1.38 bits per heavy atom. The maximum Gasteiger partial charge on any atom is 0.223 e. The standard InChI is InChI=1S/C16H30N2O2.ClH/c1-11(2)15-14(5-4-8-20-15)10-18-16(19)13-6-7-17-12(3)9-13;/h11-15,17H,4-10H2,1-3H3,(H,18,19);1H/t12-,13-,14?,15?;/m0./s1. The first-order valence-corrected chi connectivity index (χ1v) is 8.20. The maximum absolute atomic E-state index is 12.3. The van der Waals surface area contributed by atoms with Crippen LogP contribution in [0.1, 0.15) is 46.5 Å². The largest absolute Gasteiger partial charge is 0.378 e. The van der Waals surface area contributed by atoms with E-state index in [1.807, 2.05) is 0 Å². The molecule has 2 fully saturated rings. The molecule has 2 aliphatic heterocycles. The molecular weight excluding hydrogens is 288 g/mol. The Labute approximate surface area is 135 Å². The van der Waals surface area contributed by atoms with Crippen LogP contribution in [0.5, 0.6) is 0 Å². The van der Waals surface area contributed by atoms with Gasteiger partial charge in [0.1, 0.15) is 0 Å². The average molecular weight is 319 g/mol. The summed E-state index contributed by atoms with van der Waals surface area (Å²) in [6.07, 6.45) is 4.52. The molecule has 4 atom stereocenters. The molecular formula is C16H31ClN2O2. The van der Waals surface area contributed by atoms with Gasteiger partial charge in [0, 0.05) is 31.0 Å². The van der Waals surface area contributed by atoms with Gasteiger partial charge in [-0.2, -0.15) is 0 Å². The third kappa shape index (κ3) is 5.42. The Morgan fingerprint density at radius 3 is 2.81 bits per heavy atom. The van der Waals surface area contributed by atoms with Crippen molar-refractivity contribution in [1.29, 1.82) is 0 Å². The second-order valence-electron chi connectivity index (χ2n) is 6.80. The third-order valence-electron chi connectivity index (χ3n) is 4.68. The lowest BCUT2D eigenvalue weighted by Gasteiger charge is -2.35. The SMILES string of the molecule is CC(C)C1OCCCC1CNC(=O)[C@H]1CCN[C@@H](C)C1.Cl. The molecule has 0 spiro atoms. The number of halogens is 1. The van der Waals surface area contributed by atoms with Gasteiger partial charge in [0.15, 0.2) is 0 Å². The van der Waals surface area contributed by atoms with Crippen molar-refractivity contribution in [3.05, 3.63) is 0 Å². The van der Waals surface area contributed by atoms with Gasteiger partial charge in [-0.15, -0.1) is 12.4 Å². The van der Waals surface area contributed by atoms with Crippen molar-refractivity contribution in [2.24, 2.45) is 17.8 Å². The fourth-order valence-electron chi connectivity index (χ4n) is 3.57. The predicted molar refractivity (Wildman–Crippen MR) is 87.7 cm³/mol. The van der Waals surface area contributed by atoms with Crippen molar-refractivity contribution in [2.45, 2.75) is 58.6 Å². The number of ether oxygens (including phenoxy) is 1. The Kier molecular flexibility index (Phi) is 7.99. The predicted octanol–water partition coefficient (Wildman–Crippen LogP) is 2.36. The van der Waals surface area contributed by atoms with Crippen molar-refractivity contribution in [2.75, 3.05) is 19.7 Å². The van der Waals surface area contributed by atoms with Gasteiger partial charge in [-0.25, -0.2) is 0 Å². The van der Waals surface area contributed by atoms with Crippen LogP contribution in [0.3, 0.4) is 0 Å². The van der Waals surface area contributed by atoms with Gasteiger partial charge in [-0.05, 0) is 45.1 Å². The van der Waals surface area contributed by atoms with Crippen LogP contribution in [0.4, 0.5) is 0 Å². The molecule has 0 saturated carbocycles. The highest BCUT2D eigenvalue weighted by atomic mass is 35.5. The lowest BCUT2D eigenvalue weighted by Crippen LogP contribution is -2.46. The summed E-state index contributed by atoms with van der Waals surface area (Å²) in [6, 6.07) is 0.459. The van der Waals surface area contributed by atoms with Crippen LogP contribution < -0.4 is 10.6 Å². The fraction of sp³-hybridized carbons (Fsp3) is 0.938. The number of carbonyl (C=O) groups excluding carboxylic acids is 1. The molecule has 21 heavy (non-hydrogen) atoms. The van der Waals surface area contributed by atoms with Crippen LogP contribution in [-0.4, -0.2) is 37.7 Å². The highest BCUT2D eigenvalue weighted by Gasteiger charge is 2.30. The molecule has 0 aromatic rings. The second-order valence-corrected chi connectivity index (χ2v) is 6.80. The van der Waals surface area contributed by atoms with Gasteiger partial charge in [0.25, 0.3) is 0 Å². The van der Waals surface area contributed by atoms with E-state index in [9.17, 15) is 4.79 Å². The quantitative estimate of drug-likeness (QED) is 0.836. The minimum Gasteiger partial charge on any atom is -0.378 e. The van der Waals surface area contributed by atoms with E-state index in [1.54, 1.807) is 0 Å². The lowest BCUT2D eigenvalue weighted by atomic mass is 9.87. The summed E-state index contributed by atoms with van der Waals surface area (Å²) < 4.78 is 5.89. The molecule has 124 valence electrons. The lowest BCUT2D eigenvalue weighted by molar-refractivity contribution is -0.127. The minimum atomic E-state index is 0. The molecule has 0 bridgehead atoms. The third-order valence-corrected chi connectivity index (χ3v) is 4.68. The van der Waals surface area contributed by atoms with E-state index in [2.05, 4.69) is 31.4 Å². The molecule has 2 unspecified atom stereocenters. The van der Waals surface area contributed by atoms with E-state index in [1.165, 1.54) is 6.42 Å². The Balaban J connectivity index is 0.00000220. The van der Waals surface area contributed by atoms with Crippen LogP contribution in [-0.2, 0) is 9.53 Å². The van der Waals surface area contributed by atoms with Crippen LogP contribution in [0.15, 0.2) is 0 Å². The molecule has 2 heterocycles. The van der Waals surface area contributed by atoms with Crippen LogP contribution in [0.2, 0.25) is 0 Å². The summed E-state index contributed by atoms with van der Waals surface area (Å²) in [4.78, 5) is 12.3. The number of rotatable bonds is 4. The fourth-order valence-corrected chi connectivity index (χ4v) is 3.57. The number of hydrogen-bond donors (Lipinski definition) is 2. The van der Waals surface area contributed by atoms with Gasteiger partial charge >= 0.3 is 0 Å². The molecule has 2 saturated heterocycles. The summed E-state index contributed by atoms with van der Waals surface area (Å²) in [6.45, 7) is 9.18. The van der Waals surface area contributed by atoms with Crippen LogP contribution in [0.25, 0.3) is 0 Å². The minimum absolute atomic E-state index is 0. The molecule has 0 aliphatic carbocycles. The Bertz CT molecular complexity index is 325. The topological polar surface area (TPSA) is 50.4 Å². The normalized spacial score (nSPS) is 33.3. The molecule has 1 amide bonds. The Morgan fingerprint density at radius 2 is 2.14 bits per heavy atom. The van der Waals surface area contributed by atoms with Crippen molar-refractivity contribution < 1.29 is 9.53 Å². The summed E-state index contributed by atoms with van der Waals surface area (Å²) in [7, 11) is 0.